The van der Waals surface area contributed by atoms with Crippen molar-refractivity contribution >= 4 is 122 Å². The van der Waals surface area contributed by atoms with Gasteiger partial charge in [0.15, 0.2) is 6.10 Å². The molecule has 119 heavy (non-hydrogen) atoms. The smallest absolute Gasteiger partial charge is 0.426 e. The van der Waals surface area contributed by atoms with Gasteiger partial charge in [-0.15, -0.1) is 11.3 Å². The van der Waals surface area contributed by atoms with Crippen LogP contribution in [0.15, 0.2) is 53.9 Å². The number of esters is 1. The predicted molar refractivity (Wildman–Crippen MR) is 443 cm³/mol. The van der Waals surface area contributed by atoms with E-state index in [-0.39, 0.29) is 122 Å². The molecule has 0 radical (unpaired) electrons. The molecule has 1 saturated heterocycles. The van der Waals surface area contributed by atoms with Gasteiger partial charge in [0.25, 0.3) is 5.91 Å². The fraction of sp³-hybridized carbons (Fsp3) is 0.620. The number of phenols is 1. The molecule has 2 aromatic carbocycles. The first-order valence-corrected chi connectivity index (χ1v) is 43.4. The van der Waals surface area contributed by atoms with Crippen molar-refractivity contribution in [3.8, 4) is 5.75 Å². The predicted octanol–water partition coefficient (Wildman–Crippen LogP) is 6.02. The molecule has 0 bridgehead atoms. The number of aromatic nitrogens is 1. The Kier molecular flexibility index (Phi) is 46.1. The highest BCUT2D eigenvalue weighted by Crippen LogP contribution is 2.33. The summed E-state index contributed by atoms with van der Waals surface area (Å²) < 4.78 is 17.4. The number of rotatable bonds is 54. The van der Waals surface area contributed by atoms with E-state index in [1.807, 2.05) is 39.6 Å². The molecule has 16 N–H and O–H groups in total. The molecule has 1 fully saturated rings. The van der Waals surface area contributed by atoms with Crippen LogP contribution in [0.2, 0.25) is 0 Å². The van der Waals surface area contributed by atoms with Crippen molar-refractivity contribution in [3.63, 3.8) is 0 Å². The van der Waals surface area contributed by atoms with E-state index in [4.69, 9.17) is 19.3 Å². The first-order valence-electron chi connectivity index (χ1n) is 40.0. The molecule has 0 aliphatic carbocycles. The number of aliphatic carboxylic acids is 4. The average molecular weight is 1730 g/mol. The second-order valence-electron chi connectivity index (χ2n) is 29.9. The summed E-state index contributed by atoms with van der Waals surface area (Å²) in [5.74, 6) is -11.7. The van der Waals surface area contributed by atoms with Crippen LogP contribution in [-0.4, -0.2) is 236 Å². The number of nitrogens with one attached hydrogen (secondary N) is 11. The number of benzene rings is 2. The van der Waals surface area contributed by atoms with Crippen molar-refractivity contribution in [2.75, 3.05) is 51.6 Å². The standard InChI is InChI=1S/C79H120N14O23S3/c1-11-13-18-33-114-45-93(75(108)68(47(5)12-2)89-73(107)61-20-15-17-32-92(61)10)62(46(3)4)41-63(116-51(9)94)74-87-60(44-117-74)72(106)84-55(37-52-25-27-56(95)28-26-52)36-48(6)69(103)90-91-79(113)115-34-35-118-119-43-50(8)82-70(104)59(40-67(101)102)86-71(105)58(39-66(99)100)85-64(96)38-53-21-23-54(24-22-53)42-81-77(111)80-31-16-14-19-49(7)83-78(112)88-57(76(109)110)29-30-65(97)98/h21-28,44,46-50,55,57-59,61-63,68,95H,11-20,29-43,45H2,1-10H3,(H,82,104)(H,84,106)(H,85,96)(H,86,105)(H,89,107)(H,90,103)(H,91,113)(H,97,98)(H,99,100)(H,101,102)(H,109,110)(H2,80,81,111)(H2,83,88,112)/t47-,48-,49+,50+,55+,57-,58?,59-,61?,62+,63+,68?/m0/s1. The van der Waals surface area contributed by atoms with E-state index in [0.29, 0.717) is 55.4 Å². The van der Waals surface area contributed by atoms with Crippen LogP contribution in [0.1, 0.15) is 203 Å². The summed E-state index contributed by atoms with van der Waals surface area (Å²) in [4.78, 5) is 202. The zero-order valence-corrected chi connectivity index (χ0v) is 71.7. The number of unbranched alkanes of at least 4 members (excludes halogenated alkanes) is 3. The normalized spacial score (nSPS) is 15.4. The maximum Gasteiger partial charge on any atom is 0.426 e. The molecule has 37 nitrogen and oxygen atoms in total. The van der Waals surface area contributed by atoms with E-state index in [1.54, 1.807) is 62.1 Å². The van der Waals surface area contributed by atoms with Crippen molar-refractivity contribution < 1.29 is 112 Å². The minimum Gasteiger partial charge on any atom is -0.508 e. The summed E-state index contributed by atoms with van der Waals surface area (Å²) >= 11 is 1.08. The third-order valence-corrected chi connectivity index (χ3v) is 22.9. The molecule has 12 amide bonds. The highest BCUT2D eigenvalue weighted by atomic mass is 33.1. The van der Waals surface area contributed by atoms with Crippen molar-refractivity contribution in [2.45, 2.75) is 245 Å². The van der Waals surface area contributed by atoms with Crippen LogP contribution in [-0.2, 0) is 86.3 Å². The van der Waals surface area contributed by atoms with Gasteiger partial charge in [-0.05, 0) is 126 Å². The van der Waals surface area contributed by atoms with Gasteiger partial charge in [0.2, 0.25) is 35.4 Å². The van der Waals surface area contributed by atoms with Gasteiger partial charge >= 0.3 is 48.0 Å². The van der Waals surface area contributed by atoms with E-state index >= 15 is 4.79 Å². The molecule has 3 unspecified atom stereocenters. The van der Waals surface area contributed by atoms with Crippen LogP contribution >= 0.6 is 32.9 Å². The maximum absolute atomic E-state index is 15.1. The molecule has 40 heteroatoms. The number of amides is 12. The van der Waals surface area contributed by atoms with Gasteiger partial charge in [-0.3, -0.25) is 63.1 Å². The lowest BCUT2D eigenvalue weighted by Crippen LogP contribution is -2.59. The topological polar surface area (TPSA) is 537 Å². The molecular formula is C79H120N14O23S3. The number of hydrogen-bond donors (Lipinski definition) is 16. The van der Waals surface area contributed by atoms with Gasteiger partial charge < -0.3 is 92.5 Å². The number of hydrazine groups is 1. The lowest BCUT2D eigenvalue weighted by atomic mass is 9.92. The van der Waals surface area contributed by atoms with E-state index in [2.05, 4.69) is 70.6 Å². The number of hydrogen-bond acceptors (Lipinski definition) is 24. The number of carboxylic acids is 4. The first kappa shape index (κ1) is 101. The summed E-state index contributed by atoms with van der Waals surface area (Å²) in [6.07, 6.45) is 2.75. The summed E-state index contributed by atoms with van der Waals surface area (Å²) in [5, 5.41) is 72.8. The van der Waals surface area contributed by atoms with Gasteiger partial charge in [0.05, 0.1) is 25.3 Å². The Labute approximate surface area is 705 Å². The Balaban J connectivity index is 1.25. The van der Waals surface area contributed by atoms with Gasteiger partial charge in [0.1, 0.15) is 54.0 Å². The molecule has 1 aliphatic rings. The molecule has 0 spiro atoms. The van der Waals surface area contributed by atoms with Crippen molar-refractivity contribution in [3.05, 3.63) is 81.3 Å². The average Bonchev–Trinajstić information content (AvgIpc) is 1.80. The SMILES string of the molecule is CCCCCOCN(C(=O)C(NC(=O)C1CCCCN1C)[C@@H](C)CC)[C@H](C[C@@H](OC(C)=O)c1nc(C(=O)N[C@@H](Cc2ccc(O)cc2)C[C@H](C)C(=O)NNC(=O)OCCSSC[C@@H](C)NC(=O)[C@H](CC(=O)O)NC(=O)C(CC(=O)O)NC(=O)Cc2ccc(CNC(=O)NCCCC[C@@H](C)NC(=O)N[C@@H](CCC(=O)O)C(=O)O)cc2)cs1)C(C)C. The van der Waals surface area contributed by atoms with Gasteiger partial charge in [-0.25, -0.2) is 29.6 Å². The van der Waals surface area contributed by atoms with Gasteiger partial charge in [0, 0.05) is 86.4 Å². The third kappa shape index (κ3) is 39.6. The number of carbonyl (C=O) groups excluding carboxylic acids is 11. The molecule has 662 valence electrons. The highest BCUT2D eigenvalue weighted by molar-refractivity contribution is 8.76. The van der Waals surface area contributed by atoms with Crippen LogP contribution in [0, 0.1) is 17.8 Å². The van der Waals surface area contributed by atoms with Crippen molar-refractivity contribution in [1.29, 1.82) is 0 Å². The van der Waals surface area contributed by atoms with E-state index in [0.717, 1.165) is 50.0 Å². The zero-order valence-electron chi connectivity index (χ0n) is 69.2. The lowest BCUT2D eigenvalue weighted by molar-refractivity contribution is -0.153. The number of nitrogens with zero attached hydrogens (tertiary/aromatic N) is 3. The Morgan fingerprint density at radius 3 is 1.96 bits per heavy atom. The Morgan fingerprint density at radius 2 is 1.33 bits per heavy atom. The zero-order chi connectivity index (χ0) is 88.3. The molecule has 2 heterocycles. The maximum atomic E-state index is 15.1. The van der Waals surface area contributed by atoms with Crippen LogP contribution in [0.5, 0.6) is 5.75 Å². The molecule has 1 aliphatic heterocycles. The molecule has 1 aromatic heterocycles. The Bertz CT molecular complexity index is 3810. The number of aromatic hydroxyl groups is 1. The highest BCUT2D eigenvalue weighted by Gasteiger charge is 2.40. The molecule has 3 aromatic rings. The number of likely N-dealkylation sites (N-methyl/N-ethyl adjacent to an activating group) is 1. The second-order valence-corrected chi connectivity index (χ2v) is 33.4. The molecular weight excluding hydrogens is 1610 g/mol. The number of urea groups is 2. The molecule has 4 rings (SSSR count). The third-order valence-electron chi connectivity index (χ3n) is 19.4. The number of piperidine rings is 1. The Hall–Kier alpha value is -10.1. The second kappa shape index (κ2) is 54.2. The fourth-order valence-corrected chi connectivity index (χ4v) is 15.6. The largest absolute Gasteiger partial charge is 0.508 e. The molecule has 12 atom stereocenters. The monoisotopic (exact) mass is 1730 g/mol. The quantitative estimate of drug-likeness (QED) is 0.0101. The number of phenolic OH excluding ortho intramolecular Hbond substituents is 1. The molecule has 0 saturated carbocycles. The summed E-state index contributed by atoms with van der Waals surface area (Å²) in [5.41, 5.74) is 6.32. The van der Waals surface area contributed by atoms with Crippen LogP contribution in [0.3, 0.4) is 0 Å². The number of carbonyl (C=O) groups is 15. The number of thiazole rings is 1. The van der Waals surface area contributed by atoms with Crippen LogP contribution < -0.4 is 58.7 Å². The minimum absolute atomic E-state index is 0.00609. The van der Waals surface area contributed by atoms with Gasteiger partial charge in [-0.1, -0.05) is 125 Å². The lowest BCUT2D eigenvalue weighted by Gasteiger charge is -2.40. The number of carboxylic acid groups (broad SMARTS) is 4. The minimum atomic E-state index is -1.73. The fourth-order valence-electron chi connectivity index (χ4n) is 12.6. The van der Waals surface area contributed by atoms with Crippen LogP contribution in [0.4, 0.5) is 14.4 Å². The van der Waals surface area contributed by atoms with Crippen LogP contribution in [0.25, 0.3) is 0 Å². The summed E-state index contributed by atoms with van der Waals surface area (Å²) in [6.45, 7) is 17.3. The number of ether oxygens (including phenoxy) is 3. The van der Waals surface area contributed by atoms with Crippen molar-refractivity contribution in [1.82, 2.24) is 73.5 Å². The van der Waals surface area contributed by atoms with E-state index < -0.39 is 151 Å². The van der Waals surface area contributed by atoms with E-state index in [9.17, 15) is 87.5 Å². The van der Waals surface area contributed by atoms with Crippen molar-refractivity contribution in [2.24, 2.45) is 17.8 Å². The van der Waals surface area contributed by atoms with Gasteiger partial charge in [-0.2, -0.15) is 0 Å². The summed E-state index contributed by atoms with van der Waals surface area (Å²) in [7, 11) is 4.39. The van der Waals surface area contributed by atoms with E-state index in [1.165, 1.54) is 46.0 Å². The first-order chi connectivity index (χ1) is 56.5. The Morgan fingerprint density at radius 1 is 0.664 bits per heavy atom. The number of likely N-dealkylation sites (tertiary alicyclic amines) is 1. The summed E-state index contributed by atoms with van der Waals surface area (Å²) in [6, 6.07) is 3.02.